The Balaban J connectivity index is 1.87. The van der Waals surface area contributed by atoms with E-state index in [0.29, 0.717) is 16.8 Å². The summed E-state index contributed by atoms with van der Waals surface area (Å²) in [5.41, 5.74) is 1.33. The quantitative estimate of drug-likeness (QED) is 0.264. The van der Waals surface area contributed by atoms with Crippen LogP contribution in [0.1, 0.15) is 37.2 Å². The first kappa shape index (κ1) is 23.8. The number of thiocarbonyl (C=S) groups is 1. The normalized spacial score (nSPS) is 19.2. The molecule has 2 aromatic rings. The van der Waals surface area contributed by atoms with Crippen molar-refractivity contribution in [3.8, 4) is 0 Å². The van der Waals surface area contributed by atoms with Gasteiger partial charge in [-0.15, -0.1) is 0 Å². The third-order valence-electron chi connectivity index (χ3n) is 5.54. The van der Waals surface area contributed by atoms with Crippen LogP contribution in [-0.4, -0.2) is 38.4 Å². The van der Waals surface area contributed by atoms with Gasteiger partial charge in [0.1, 0.15) is 12.2 Å². The number of allylic oxidation sites excluding steroid dienone is 1. The zero-order valence-corrected chi connectivity index (χ0v) is 19.4. The fourth-order valence-electron chi connectivity index (χ4n) is 4.03. The number of ether oxygens (including phenoxy) is 1. The number of benzene rings is 2. The number of nitro groups is 2. The summed E-state index contributed by atoms with van der Waals surface area (Å²) in [7, 11) is 0. The summed E-state index contributed by atoms with van der Waals surface area (Å²) in [5.74, 6) is -0.345. The third-order valence-corrected chi connectivity index (χ3v) is 5.76. The van der Waals surface area contributed by atoms with Crippen molar-refractivity contribution < 1.29 is 19.4 Å². The largest absolute Gasteiger partial charge is 0.463 e. The molecule has 35 heavy (non-hydrogen) atoms. The van der Waals surface area contributed by atoms with Crippen LogP contribution >= 0.6 is 12.2 Å². The van der Waals surface area contributed by atoms with Crippen LogP contribution < -0.4 is 10.6 Å². The average molecular weight is 497 g/mol. The van der Waals surface area contributed by atoms with Crippen LogP contribution in [0.4, 0.5) is 11.4 Å². The summed E-state index contributed by atoms with van der Waals surface area (Å²) in [4.78, 5) is 41.1. The number of guanidine groups is 1. The molecule has 0 aromatic heterocycles. The zero-order valence-electron chi connectivity index (χ0n) is 18.6. The lowest BCUT2D eigenvalue weighted by Crippen LogP contribution is -2.60. The lowest BCUT2D eigenvalue weighted by atomic mass is 9.94. The topological polar surface area (TPSA) is 152 Å². The van der Waals surface area contributed by atoms with Crippen LogP contribution in [0.2, 0.25) is 0 Å². The van der Waals surface area contributed by atoms with Gasteiger partial charge in [0.15, 0.2) is 5.11 Å². The van der Waals surface area contributed by atoms with E-state index in [-0.39, 0.29) is 34.6 Å². The first-order valence-corrected chi connectivity index (χ1v) is 10.9. The van der Waals surface area contributed by atoms with Gasteiger partial charge < -0.3 is 15.4 Å². The maximum absolute atomic E-state index is 13.1. The Morgan fingerprint density at radius 2 is 1.71 bits per heavy atom. The Kier molecular flexibility index (Phi) is 6.42. The molecule has 0 radical (unpaired) electrons. The average Bonchev–Trinajstić information content (AvgIpc) is 2.83. The zero-order chi connectivity index (χ0) is 25.3. The minimum atomic E-state index is -0.903. The van der Waals surface area contributed by atoms with Gasteiger partial charge in [0.2, 0.25) is 5.96 Å². The van der Waals surface area contributed by atoms with Crippen LogP contribution in [0.15, 0.2) is 64.8 Å². The van der Waals surface area contributed by atoms with Gasteiger partial charge in [0, 0.05) is 35.5 Å². The predicted octanol–water partition coefficient (Wildman–Crippen LogP) is 3.23. The molecule has 1 fully saturated rings. The number of non-ortho nitro benzene ring substituents is 2. The van der Waals surface area contributed by atoms with E-state index in [1.165, 1.54) is 30.3 Å². The van der Waals surface area contributed by atoms with E-state index in [4.69, 9.17) is 17.0 Å². The molecule has 2 unspecified atom stereocenters. The van der Waals surface area contributed by atoms with Crippen LogP contribution in [-0.2, 0) is 9.53 Å². The predicted molar refractivity (Wildman–Crippen MR) is 129 cm³/mol. The molecule has 13 heteroatoms. The number of nitro benzene ring substituents is 2. The number of carbonyl (C=O) groups is 1. The Bertz CT molecular complexity index is 1310. The third kappa shape index (κ3) is 4.53. The number of aliphatic imine (C=N–C) groups is 1. The Morgan fingerprint density at radius 3 is 2.31 bits per heavy atom. The SMILES string of the molecule is CCOC(=O)C1=C(C)N2C(=NC1c1cccc([N+](=O)[O-])c1)NC(=S)NC2c1cccc([N+](=O)[O-])c1. The maximum Gasteiger partial charge on any atom is 0.338 e. The number of nitrogens with one attached hydrogen (secondary N) is 2. The molecule has 2 aliphatic rings. The molecule has 12 nitrogen and oxygen atoms in total. The van der Waals surface area contributed by atoms with Crippen molar-refractivity contribution in [1.82, 2.24) is 15.5 Å². The van der Waals surface area contributed by atoms with Crippen molar-refractivity contribution in [3.05, 3.63) is 91.2 Å². The van der Waals surface area contributed by atoms with Gasteiger partial charge >= 0.3 is 5.97 Å². The van der Waals surface area contributed by atoms with Gasteiger partial charge in [0.05, 0.1) is 22.0 Å². The molecule has 180 valence electrons. The highest BCUT2D eigenvalue weighted by Gasteiger charge is 2.40. The summed E-state index contributed by atoms with van der Waals surface area (Å²) in [5, 5.41) is 28.9. The van der Waals surface area contributed by atoms with Gasteiger partial charge in [0.25, 0.3) is 11.4 Å². The lowest BCUT2D eigenvalue weighted by Gasteiger charge is -2.44. The standard InChI is InChI=1S/C22H20N6O6S/c1-3-34-20(29)17-12(2)26-19(14-7-5-9-16(11-14)28(32)33)24-22(35)25-21(26)23-18(17)13-6-4-8-15(10-13)27(30)31/h4-11,18-19H,3H2,1-2H3,(H2,23,24,25,35). The molecule has 0 saturated carbocycles. The number of nitrogens with zero attached hydrogens (tertiary/aromatic N) is 4. The molecule has 0 spiro atoms. The van der Waals surface area contributed by atoms with Crippen molar-refractivity contribution in [3.63, 3.8) is 0 Å². The molecular formula is C22H20N6O6S. The van der Waals surface area contributed by atoms with Crippen molar-refractivity contribution in [2.24, 2.45) is 4.99 Å². The number of rotatable bonds is 6. The van der Waals surface area contributed by atoms with E-state index >= 15 is 0 Å². The highest BCUT2D eigenvalue weighted by molar-refractivity contribution is 7.80. The molecular weight excluding hydrogens is 476 g/mol. The number of hydrogen-bond acceptors (Lipinski definition) is 9. The smallest absolute Gasteiger partial charge is 0.338 e. The molecule has 4 rings (SSSR count). The first-order valence-electron chi connectivity index (χ1n) is 10.5. The molecule has 1 saturated heterocycles. The number of fused-ring (bicyclic) bond motifs is 1. The van der Waals surface area contributed by atoms with Gasteiger partial charge in [-0.25, -0.2) is 9.79 Å². The van der Waals surface area contributed by atoms with E-state index in [9.17, 15) is 25.0 Å². The summed E-state index contributed by atoms with van der Waals surface area (Å²) in [6.45, 7) is 3.47. The second-order valence-electron chi connectivity index (χ2n) is 7.65. The monoisotopic (exact) mass is 496 g/mol. The molecule has 2 heterocycles. The van der Waals surface area contributed by atoms with E-state index in [2.05, 4.69) is 15.6 Å². The van der Waals surface area contributed by atoms with Crippen molar-refractivity contribution in [1.29, 1.82) is 0 Å². The minimum Gasteiger partial charge on any atom is -0.463 e. The van der Waals surface area contributed by atoms with Gasteiger partial charge in [-0.2, -0.15) is 0 Å². The van der Waals surface area contributed by atoms with Crippen molar-refractivity contribution in [2.45, 2.75) is 26.1 Å². The first-order chi connectivity index (χ1) is 16.7. The number of carbonyl (C=O) groups excluding carboxylic acids is 1. The molecule has 0 bridgehead atoms. The fourth-order valence-corrected chi connectivity index (χ4v) is 4.23. The Labute approximate surface area is 204 Å². The molecule has 2 aromatic carbocycles. The van der Waals surface area contributed by atoms with Crippen LogP contribution in [0.25, 0.3) is 0 Å². The van der Waals surface area contributed by atoms with Crippen LogP contribution in [0.3, 0.4) is 0 Å². The van der Waals surface area contributed by atoms with E-state index in [1.54, 1.807) is 36.9 Å². The second-order valence-corrected chi connectivity index (χ2v) is 8.06. The van der Waals surface area contributed by atoms with E-state index < -0.39 is 28.0 Å². The lowest BCUT2D eigenvalue weighted by molar-refractivity contribution is -0.385. The molecule has 2 N–H and O–H groups in total. The highest BCUT2D eigenvalue weighted by atomic mass is 32.1. The summed E-state index contributed by atoms with van der Waals surface area (Å²) in [6, 6.07) is 11.0. The summed E-state index contributed by atoms with van der Waals surface area (Å²) >= 11 is 5.35. The fraction of sp³-hybridized carbons (Fsp3) is 0.227. The summed E-state index contributed by atoms with van der Waals surface area (Å²) < 4.78 is 5.29. The Hall–Kier alpha value is -4.39. The highest BCUT2D eigenvalue weighted by Crippen LogP contribution is 2.39. The van der Waals surface area contributed by atoms with Gasteiger partial charge in [-0.3, -0.25) is 25.1 Å². The van der Waals surface area contributed by atoms with Crippen LogP contribution in [0.5, 0.6) is 0 Å². The Morgan fingerprint density at radius 1 is 1.11 bits per heavy atom. The number of esters is 1. The van der Waals surface area contributed by atoms with Gasteiger partial charge in [-0.05, 0) is 31.6 Å². The van der Waals surface area contributed by atoms with Crippen LogP contribution in [0, 0.1) is 20.2 Å². The summed E-state index contributed by atoms with van der Waals surface area (Å²) in [6.07, 6.45) is -0.710. The van der Waals surface area contributed by atoms with Crippen molar-refractivity contribution >= 4 is 40.6 Å². The molecule has 2 atom stereocenters. The minimum absolute atomic E-state index is 0.106. The number of hydrogen-bond donors (Lipinski definition) is 2. The van der Waals surface area contributed by atoms with E-state index in [1.807, 2.05) is 0 Å². The van der Waals surface area contributed by atoms with E-state index in [0.717, 1.165) is 0 Å². The maximum atomic E-state index is 13.1. The molecule has 0 amide bonds. The molecule has 2 aliphatic heterocycles. The second kappa shape index (κ2) is 9.46. The van der Waals surface area contributed by atoms with Crippen molar-refractivity contribution in [2.75, 3.05) is 6.61 Å². The van der Waals surface area contributed by atoms with Gasteiger partial charge in [-0.1, -0.05) is 24.3 Å². The molecule has 0 aliphatic carbocycles.